The molecule has 0 atom stereocenters. The van der Waals surface area contributed by atoms with Crippen molar-refractivity contribution in [1.29, 1.82) is 0 Å². The van der Waals surface area contributed by atoms with Crippen LogP contribution >= 0.6 is 23.2 Å². The number of rotatable bonds is 7. The van der Waals surface area contributed by atoms with Gasteiger partial charge in [-0.3, -0.25) is 4.79 Å². The standard InChI is InChI=1S/C23H18Cl2N2O4/c1-2-30-21-13-15(14-26-27-22(28)18-5-3-4-6-19(18)25)7-12-20(21)31-23(29)16-8-10-17(24)11-9-16/h3-14H,2H2,1H3,(H,27,28)/b26-14+. The lowest BCUT2D eigenvalue weighted by atomic mass is 10.2. The molecule has 31 heavy (non-hydrogen) atoms. The molecule has 158 valence electrons. The van der Waals surface area contributed by atoms with E-state index < -0.39 is 11.9 Å². The molecule has 0 saturated carbocycles. The van der Waals surface area contributed by atoms with E-state index in [-0.39, 0.29) is 5.75 Å². The Bertz CT molecular complexity index is 1110. The second-order valence-corrected chi connectivity index (χ2v) is 7.06. The number of hydrazone groups is 1. The maximum atomic E-state index is 12.4. The molecule has 8 heteroatoms. The minimum atomic E-state index is -0.536. The number of benzene rings is 3. The number of hydrogen-bond acceptors (Lipinski definition) is 5. The van der Waals surface area contributed by atoms with Crippen molar-refractivity contribution < 1.29 is 19.1 Å². The molecule has 6 nitrogen and oxygen atoms in total. The van der Waals surface area contributed by atoms with Crippen molar-refractivity contribution in [2.75, 3.05) is 6.61 Å². The van der Waals surface area contributed by atoms with E-state index in [0.29, 0.717) is 39.1 Å². The molecule has 0 saturated heterocycles. The Morgan fingerprint density at radius 2 is 1.74 bits per heavy atom. The van der Waals surface area contributed by atoms with E-state index >= 15 is 0 Å². The molecule has 0 fully saturated rings. The fourth-order valence-electron chi connectivity index (χ4n) is 2.57. The van der Waals surface area contributed by atoms with Crippen molar-refractivity contribution in [3.05, 3.63) is 93.5 Å². The lowest BCUT2D eigenvalue weighted by Crippen LogP contribution is -2.17. The summed E-state index contributed by atoms with van der Waals surface area (Å²) in [4.78, 5) is 24.5. The van der Waals surface area contributed by atoms with Gasteiger partial charge in [0.2, 0.25) is 0 Å². The molecular formula is C23H18Cl2N2O4. The van der Waals surface area contributed by atoms with E-state index in [4.69, 9.17) is 32.7 Å². The van der Waals surface area contributed by atoms with Crippen molar-refractivity contribution in [1.82, 2.24) is 5.43 Å². The molecular weight excluding hydrogens is 439 g/mol. The summed E-state index contributed by atoms with van der Waals surface area (Å²) in [5.41, 5.74) is 3.74. The van der Waals surface area contributed by atoms with Gasteiger partial charge >= 0.3 is 5.97 Å². The van der Waals surface area contributed by atoms with Gasteiger partial charge in [-0.2, -0.15) is 5.10 Å². The Kier molecular flexibility index (Phi) is 7.65. The smallest absolute Gasteiger partial charge is 0.343 e. The molecule has 0 spiro atoms. The number of nitrogens with zero attached hydrogens (tertiary/aromatic N) is 1. The topological polar surface area (TPSA) is 77.0 Å². The van der Waals surface area contributed by atoms with Crippen LogP contribution in [0, 0.1) is 0 Å². The Balaban J connectivity index is 1.71. The SMILES string of the molecule is CCOc1cc(/C=N/NC(=O)c2ccccc2Cl)ccc1OC(=O)c1ccc(Cl)cc1. The fourth-order valence-corrected chi connectivity index (χ4v) is 2.92. The highest BCUT2D eigenvalue weighted by molar-refractivity contribution is 6.33. The molecule has 0 aliphatic carbocycles. The van der Waals surface area contributed by atoms with E-state index in [1.807, 2.05) is 6.92 Å². The van der Waals surface area contributed by atoms with Gasteiger partial charge in [0.25, 0.3) is 5.91 Å². The molecule has 1 N–H and O–H groups in total. The molecule has 3 aromatic rings. The quantitative estimate of drug-likeness (QED) is 0.224. The van der Waals surface area contributed by atoms with Crippen LogP contribution in [0.4, 0.5) is 0 Å². The van der Waals surface area contributed by atoms with E-state index in [1.165, 1.54) is 6.21 Å². The first-order valence-electron chi connectivity index (χ1n) is 9.30. The first-order valence-corrected chi connectivity index (χ1v) is 10.1. The zero-order valence-corrected chi connectivity index (χ0v) is 18.0. The van der Waals surface area contributed by atoms with Gasteiger partial charge in [0.05, 0.1) is 29.0 Å². The van der Waals surface area contributed by atoms with Gasteiger partial charge in [-0.05, 0) is 67.1 Å². The Labute approximate surface area is 189 Å². The molecule has 0 unspecified atom stereocenters. The zero-order valence-electron chi connectivity index (χ0n) is 16.5. The van der Waals surface area contributed by atoms with Crippen LogP contribution in [0.2, 0.25) is 10.0 Å². The second-order valence-electron chi connectivity index (χ2n) is 6.21. The van der Waals surface area contributed by atoms with Gasteiger partial charge in [-0.1, -0.05) is 35.3 Å². The van der Waals surface area contributed by atoms with Crippen LogP contribution in [-0.4, -0.2) is 24.7 Å². The lowest BCUT2D eigenvalue weighted by molar-refractivity contribution is 0.0728. The summed E-state index contributed by atoms with van der Waals surface area (Å²) in [5.74, 6) is -0.336. The van der Waals surface area contributed by atoms with E-state index in [9.17, 15) is 9.59 Å². The van der Waals surface area contributed by atoms with Crippen LogP contribution in [0.3, 0.4) is 0 Å². The summed E-state index contributed by atoms with van der Waals surface area (Å²) in [6, 6.07) is 18.0. The second kappa shape index (κ2) is 10.6. The van der Waals surface area contributed by atoms with Crippen LogP contribution in [0.25, 0.3) is 0 Å². The van der Waals surface area contributed by atoms with Gasteiger partial charge in [-0.25, -0.2) is 10.2 Å². The van der Waals surface area contributed by atoms with Crippen LogP contribution < -0.4 is 14.9 Å². The summed E-state index contributed by atoms with van der Waals surface area (Å²) in [5, 5.41) is 4.81. The van der Waals surface area contributed by atoms with Gasteiger partial charge < -0.3 is 9.47 Å². The summed E-state index contributed by atoms with van der Waals surface area (Å²) in [7, 11) is 0. The predicted molar refractivity (Wildman–Crippen MR) is 121 cm³/mol. The minimum Gasteiger partial charge on any atom is -0.490 e. The average molecular weight is 457 g/mol. The molecule has 0 aliphatic heterocycles. The van der Waals surface area contributed by atoms with Crippen molar-refractivity contribution >= 4 is 41.3 Å². The van der Waals surface area contributed by atoms with Crippen molar-refractivity contribution in [2.45, 2.75) is 6.92 Å². The van der Waals surface area contributed by atoms with Crippen LogP contribution in [0.5, 0.6) is 11.5 Å². The van der Waals surface area contributed by atoms with Crippen molar-refractivity contribution in [3.8, 4) is 11.5 Å². The highest BCUT2D eigenvalue weighted by Crippen LogP contribution is 2.29. The number of nitrogens with one attached hydrogen (secondary N) is 1. The molecule has 0 bridgehead atoms. The highest BCUT2D eigenvalue weighted by atomic mass is 35.5. The molecule has 0 heterocycles. The number of ether oxygens (including phenoxy) is 2. The number of amides is 1. The lowest BCUT2D eigenvalue weighted by Gasteiger charge is -2.11. The average Bonchev–Trinajstić information content (AvgIpc) is 2.76. The molecule has 0 aliphatic rings. The van der Waals surface area contributed by atoms with Crippen LogP contribution in [0.15, 0.2) is 71.8 Å². The Morgan fingerprint density at radius 1 is 1.00 bits per heavy atom. The van der Waals surface area contributed by atoms with Gasteiger partial charge in [0, 0.05) is 5.02 Å². The number of carbonyl (C=O) groups is 2. The third-order valence-corrected chi connectivity index (χ3v) is 4.63. The molecule has 0 aromatic heterocycles. The Morgan fingerprint density at radius 3 is 2.45 bits per heavy atom. The summed E-state index contributed by atoms with van der Waals surface area (Å²) in [6.45, 7) is 2.19. The molecule has 3 rings (SSSR count). The number of hydrogen-bond donors (Lipinski definition) is 1. The highest BCUT2D eigenvalue weighted by Gasteiger charge is 2.13. The van der Waals surface area contributed by atoms with Gasteiger partial charge in [0.15, 0.2) is 11.5 Å². The molecule has 0 radical (unpaired) electrons. The summed E-state index contributed by atoms with van der Waals surface area (Å²) < 4.78 is 11.0. The minimum absolute atomic E-state index is 0.263. The number of halogens is 2. The fraction of sp³-hybridized carbons (Fsp3) is 0.0870. The zero-order chi connectivity index (χ0) is 22.2. The first-order chi connectivity index (χ1) is 15.0. The molecule has 3 aromatic carbocycles. The predicted octanol–water partition coefficient (Wildman–Crippen LogP) is 5.38. The number of esters is 1. The van der Waals surface area contributed by atoms with E-state index in [2.05, 4.69) is 10.5 Å². The molecule has 1 amide bonds. The summed E-state index contributed by atoms with van der Waals surface area (Å²) in [6.07, 6.45) is 1.45. The summed E-state index contributed by atoms with van der Waals surface area (Å²) >= 11 is 11.9. The maximum Gasteiger partial charge on any atom is 0.343 e. The van der Waals surface area contributed by atoms with E-state index in [1.54, 1.807) is 66.7 Å². The maximum absolute atomic E-state index is 12.4. The van der Waals surface area contributed by atoms with Crippen LogP contribution in [-0.2, 0) is 0 Å². The van der Waals surface area contributed by atoms with Crippen molar-refractivity contribution in [3.63, 3.8) is 0 Å². The monoisotopic (exact) mass is 456 g/mol. The van der Waals surface area contributed by atoms with Crippen LogP contribution in [0.1, 0.15) is 33.2 Å². The largest absolute Gasteiger partial charge is 0.490 e. The van der Waals surface area contributed by atoms with E-state index in [0.717, 1.165) is 0 Å². The first kappa shape index (κ1) is 22.3. The third-order valence-electron chi connectivity index (χ3n) is 4.05. The normalized spacial score (nSPS) is 10.7. The number of carbonyl (C=O) groups excluding carboxylic acids is 2. The van der Waals surface area contributed by atoms with Gasteiger partial charge in [0.1, 0.15) is 0 Å². The Hall–Kier alpha value is -3.35. The van der Waals surface area contributed by atoms with Crippen molar-refractivity contribution in [2.24, 2.45) is 5.10 Å². The van der Waals surface area contributed by atoms with Gasteiger partial charge in [-0.15, -0.1) is 0 Å². The third kappa shape index (κ3) is 6.07.